The number of nitrogens with zero attached hydrogens (tertiary/aromatic N) is 8. The number of hydrogen-bond donors (Lipinski definition) is 8. The van der Waals surface area contributed by atoms with Gasteiger partial charge in [0.15, 0.2) is 17.4 Å². The quantitative estimate of drug-likeness (QED) is 0.0304. The minimum absolute atomic E-state index is 0.0424. The van der Waals surface area contributed by atoms with Crippen molar-refractivity contribution in [2.45, 2.75) is 18.4 Å². The highest BCUT2D eigenvalue weighted by molar-refractivity contribution is 6.23. The van der Waals surface area contributed by atoms with Crippen molar-refractivity contribution in [3.05, 3.63) is 179 Å². The molecule has 2 aliphatic heterocycles. The summed E-state index contributed by atoms with van der Waals surface area (Å²) < 4.78 is 9.67. The Hall–Kier alpha value is -10.6. The third kappa shape index (κ3) is 17.5. The molecule has 2 amide bonds. The molecular formula is C68H74N10O15. The molecule has 2 saturated heterocycles. The van der Waals surface area contributed by atoms with Crippen molar-refractivity contribution < 1.29 is 73.7 Å². The summed E-state index contributed by atoms with van der Waals surface area (Å²) in [4.78, 5) is 108. The van der Waals surface area contributed by atoms with Gasteiger partial charge in [0.25, 0.3) is 0 Å². The number of esters is 2. The van der Waals surface area contributed by atoms with Crippen LogP contribution in [0.3, 0.4) is 0 Å². The van der Waals surface area contributed by atoms with E-state index in [1.807, 2.05) is 109 Å². The number of benzene rings is 6. The lowest BCUT2D eigenvalue weighted by Gasteiger charge is -2.32. The van der Waals surface area contributed by atoms with E-state index in [4.69, 9.17) is 39.9 Å². The molecule has 0 atom stereocenters. The molecule has 2 aromatic heterocycles. The number of ether oxygens (including phenoxy) is 2. The molecule has 0 unspecified atom stereocenters. The lowest BCUT2D eigenvalue weighted by molar-refractivity contribution is -0.170. The number of aliphatic hydroxyl groups is 1. The van der Waals surface area contributed by atoms with Crippen molar-refractivity contribution in [3.8, 4) is 11.8 Å². The molecule has 93 heavy (non-hydrogen) atoms. The first-order valence-electron chi connectivity index (χ1n) is 29.5. The number of likely N-dealkylation sites (N-methyl/N-ethyl adjacent to an activating group) is 4. The zero-order chi connectivity index (χ0) is 67.1. The number of aliphatic imine (C=N–C) groups is 2. The van der Waals surface area contributed by atoms with E-state index in [1.54, 1.807) is 60.3 Å². The number of H-pyrrole nitrogens is 2. The zero-order valence-corrected chi connectivity index (χ0v) is 52.3. The van der Waals surface area contributed by atoms with Crippen LogP contribution in [0.15, 0.2) is 156 Å². The molecule has 0 spiro atoms. The number of aromatic amines is 2. The van der Waals surface area contributed by atoms with Gasteiger partial charge in [0, 0.05) is 111 Å². The van der Waals surface area contributed by atoms with E-state index in [-0.39, 0.29) is 23.6 Å². The van der Waals surface area contributed by atoms with Crippen LogP contribution in [0.2, 0.25) is 0 Å². The van der Waals surface area contributed by atoms with E-state index < -0.39 is 48.3 Å². The maximum atomic E-state index is 12.9. The van der Waals surface area contributed by atoms with E-state index in [0.29, 0.717) is 69.2 Å². The molecule has 0 radical (unpaired) electrons. The second-order valence-electron chi connectivity index (χ2n) is 22.4. The molecule has 0 saturated carbocycles. The van der Waals surface area contributed by atoms with Gasteiger partial charge in [0.2, 0.25) is 11.8 Å². The number of rotatable bonds is 19. The molecule has 2 aliphatic rings. The molecule has 25 heteroatoms. The molecule has 8 aromatic rings. The normalized spacial score (nSPS) is 14.3. The Kier molecular flexibility index (Phi) is 22.8. The van der Waals surface area contributed by atoms with Crippen LogP contribution >= 0.6 is 0 Å². The summed E-state index contributed by atoms with van der Waals surface area (Å²) in [5.41, 5.74) is 5.94. The highest BCUT2D eigenvalue weighted by atomic mass is 16.5. The van der Waals surface area contributed by atoms with Crippen molar-refractivity contribution in [1.29, 1.82) is 0 Å². The van der Waals surface area contributed by atoms with E-state index in [1.165, 1.54) is 14.2 Å². The number of piperazine rings is 2. The van der Waals surface area contributed by atoms with Crippen LogP contribution in [0.5, 0.6) is 11.8 Å². The molecule has 4 heterocycles. The first-order valence-corrected chi connectivity index (χ1v) is 29.5. The van der Waals surface area contributed by atoms with Gasteiger partial charge in [0.05, 0.1) is 85.2 Å². The number of carboxylic acid groups (broad SMARTS) is 3. The predicted octanol–water partition coefficient (Wildman–Crippen LogP) is 6.83. The van der Waals surface area contributed by atoms with Crippen molar-refractivity contribution in [2.75, 3.05) is 118 Å². The lowest BCUT2D eigenvalue weighted by atomic mass is 9.96. The average Bonchev–Trinajstić information content (AvgIpc) is 1.65. The summed E-state index contributed by atoms with van der Waals surface area (Å²) >= 11 is 0. The number of carboxylic acids is 3. The number of carbonyl (C=O) groups excluding carboxylic acids is 4. The monoisotopic (exact) mass is 1270 g/mol. The van der Waals surface area contributed by atoms with Gasteiger partial charge in [-0.15, -0.1) is 0 Å². The fourth-order valence-electron chi connectivity index (χ4n) is 10.4. The van der Waals surface area contributed by atoms with Gasteiger partial charge in [-0.1, -0.05) is 72.8 Å². The number of hydrogen-bond acceptors (Lipinski definition) is 18. The summed E-state index contributed by atoms with van der Waals surface area (Å²) in [5.74, 6) is -5.95. The molecule has 8 N–H and O–H groups in total. The van der Waals surface area contributed by atoms with Gasteiger partial charge in [-0.2, -0.15) is 0 Å². The van der Waals surface area contributed by atoms with Gasteiger partial charge >= 0.3 is 29.8 Å². The first kappa shape index (κ1) is 68.3. The Morgan fingerprint density at radius 1 is 0.495 bits per heavy atom. The van der Waals surface area contributed by atoms with Crippen molar-refractivity contribution >= 4 is 97.6 Å². The number of amides is 2. The first-order chi connectivity index (χ1) is 44.4. The number of carbonyl (C=O) groups is 7. The largest absolute Gasteiger partial charge is 0.494 e. The van der Waals surface area contributed by atoms with Crippen LogP contribution < -0.4 is 9.80 Å². The highest BCUT2D eigenvalue weighted by Crippen LogP contribution is 2.35. The molecule has 10 rings (SSSR count). The van der Waals surface area contributed by atoms with Crippen molar-refractivity contribution in [3.63, 3.8) is 0 Å². The third-order valence-corrected chi connectivity index (χ3v) is 15.9. The van der Waals surface area contributed by atoms with Crippen LogP contribution in [0, 0.1) is 0 Å². The molecule has 486 valence electrons. The number of aromatic hydroxyl groups is 2. The van der Waals surface area contributed by atoms with Gasteiger partial charge in [-0.05, 0) is 86.9 Å². The smallest absolute Gasteiger partial charge is 0.337 e. The fraction of sp³-hybridized carbons (Fsp3) is 0.279. The second kappa shape index (κ2) is 31.0. The number of aromatic nitrogens is 2. The number of fused-ring (bicyclic) bond motifs is 2. The van der Waals surface area contributed by atoms with E-state index >= 15 is 0 Å². The Morgan fingerprint density at radius 2 is 0.839 bits per heavy atom. The molecule has 0 aliphatic carbocycles. The van der Waals surface area contributed by atoms with Crippen LogP contribution in [0.1, 0.15) is 55.8 Å². The maximum absolute atomic E-state index is 12.9. The molecular weight excluding hydrogens is 1200 g/mol. The van der Waals surface area contributed by atoms with E-state index in [2.05, 4.69) is 43.7 Å². The van der Waals surface area contributed by atoms with Gasteiger partial charge in [-0.3, -0.25) is 29.0 Å². The summed E-state index contributed by atoms with van der Waals surface area (Å²) in [5, 5.41) is 57.2. The minimum Gasteiger partial charge on any atom is -0.494 e. The molecule has 6 aromatic carbocycles. The minimum atomic E-state index is -2.74. The molecule has 0 bridgehead atoms. The van der Waals surface area contributed by atoms with Crippen molar-refractivity contribution in [1.82, 2.24) is 29.6 Å². The second-order valence-corrected chi connectivity index (χ2v) is 22.4. The number of nitrogens with one attached hydrogen (secondary N) is 2. The molecule has 2 fully saturated rings. The average molecular weight is 1270 g/mol. The topological polar surface area (TPSA) is 335 Å². The zero-order valence-electron chi connectivity index (χ0n) is 52.3. The van der Waals surface area contributed by atoms with Gasteiger partial charge in [0.1, 0.15) is 0 Å². The number of methoxy groups -OCH3 is 2. The summed E-state index contributed by atoms with van der Waals surface area (Å²) in [6.45, 7) is 8.18. The molecule has 25 nitrogen and oxygen atoms in total. The van der Waals surface area contributed by atoms with Gasteiger partial charge < -0.3 is 69.7 Å². The Morgan fingerprint density at radius 3 is 1.15 bits per heavy atom. The van der Waals surface area contributed by atoms with Crippen LogP contribution in [-0.4, -0.2) is 227 Å². The van der Waals surface area contributed by atoms with E-state index in [9.17, 15) is 43.8 Å². The standard InChI is InChI=1S/2C31H33N5O4.C6H8O7/c2*1-34-15-17-36(18-16-34)20-27(37)35(2)24-12-10-23(11-13-24)32-29(21-7-5-4-6-8-21)28-25-14-9-22(31(39)40-3)19-26(25)33-30(28)38;7-3(8)1-6(13,5(11)12)2-4(9)10/h2*4-14,19,33,38H,15-18,20H2,1-3H3;13H,1-2H2,(H,7,8)(H,9,10)(H,11,12). The Balaban J connectivity index is 0.000000201. The maximum Gasteiger partial charge on any atom is 0.337 e. The lowest BCUT2D eigenvalue weighted by Crippen LogP contribution is -2.48. The Bertz CT molecular complexity index is 3790. The van der Waals surface area contributed by atoms with Crippen LogP contribution in [0.4, 0.5) is 22.7 Å². The third-order valence-electron chi connectivity index (χ3n) is 15.9. The number of aliphatic carboxylic acids is 3. The fourth-order valence-corrected chi connectivity index (χ4v) is 10.4. The highest BCUT2D eigenvalue weighted by Gasteiger charge is 2.41. The Labute approximate surface area is 535 Å². The predicted molar refractivity (Wildman–Crippen MR) is 351 cm³/mol. The summed E-state index contributed by atoms with van der Waals surface area (Å²) in [6, 6.07) is 44.3. The van der Waals surface area contributed by atoms with Crippen molar-refractivity contribution in [2.24, 2.45) is 9.98 Å². The summed E-state index contributed by atoms with van der Waals surface area (Å²) in [7, 11) is 10.4. The van der Waals surface area contributed by atoms with Crippen LogP contribution in [0.25, 0.3) is 21.8 Å². The van der Waals surface area contributed by atoms with Gasteiger partial charge in [-0.25, -0.2) is 24.4 Å². The summed E-state index contributed by atoms with van der Waals surface area (Å²) in [6.07, 6.45) is -2.29. The van der Waals surface area contributed by atoms with E-state index in [0.717, 1.165) is 85.6 Å². The SMILES string of the molecule is COC(=O)c1ccc2c(C(=Nc3ccc(N(C)C(=O)CN4CCN(C)CC4)cc3)c3ccccc3)c(O)[nH]c2c1.COC(=O)c1ccc2c(C(=Nc3ccc(N(C)C(=O)CN4CCN(C)CC4)cc3)c3ccccc3)c(O)[nH]c2c1.O=C(O)CC(O)(CC(=O)O)C(=O)O. The van der Waals surface area contributed by atoms with Crippen LogP contribution in [-0.2, 0) is 33.4 Å². The number of anilines is 2.